The molecule has 0 bridgehead atoms. The van der Waals surface area contributed by atoms with Crippen LogP contribution in [0, 0.1) is 6.92 Å². The van der Waals surface area contributed by atoms with Crippen LogP contribution in [0.15, 0.2) is 119 Å². The van der Waals surface area contributed by atoms with Gasteiger partial charge in [-0.2, -0.15) is 0 Å². The van der Waals surface area contributed by atoms with E-state index in [1.807, 2.05) is 78.9 Å². The van der Waals surface area contributed by atoms with Crippen LogP contribution in [-0.2, 0) is 19.5 Å². The Bertz CT molecular complexity index is 2360. The maximum Gasteiger partial charge on any atom is 0.330 e. The third-order valence-corrected chi connectivity index (χ3v) is 16.5. The number of carbonyl (C=O) groups excluding carboxylic acids is 2. The molecule has 3 heterocycles. The molecule has 1 saturated heterocycles. The highest BCUT2D eigenvalue weighted by Crippen LogP contribution is 2.46. The predicted octanol–water partition coefficient (Wildman–Crippen LogP) is 7.21. The Labute approximate surface area is 344 Å². The second kappa shape index (κ2) is 16.2. The molecule has 1 fully saturated rings. The molecule has 0 aliphatic carbocycles. The number of fused-ring (bicyclic) bond motifs is 1. The molecular formula is C46H51N3O9Si. The smallest absolute Gasteiger partial charge is 0.330 e. The van der Waals surface area contributed by atoms with Gasteiger partial charge < -0.3 is 23.4 Å². The zero-order valence-electron chi connectivity index (χ0n) is 34.7. The van der Waals surface area contributed by atoms with Crippen LogP contribution in [0.3, 0.4) is 0 Å². The highest BCUT2D eigenvalue weighted by Gasteiger charge is 2.54. The van der Waals surface area contributed by atoms with Crippen molar-refractivity contribution in [3.05, 3.63) is 164 Å². The van der Waals surface area contributed by atoms with Gasteiger partial charge in [-0.3, -0.25) is 28.8 Å². The molecular weight excluding hydrogens is 767 g/mol. The third-order valence-electron chi connectivity index (χ3n) is 12.0. The number of nitrogens with one attached hydrogen (secondary N) is 1. The largest absolute Gasteiger partial charge is 0.497 e. The van der Waals surface area contributed by atoms with Crippen molar-refractivity contribution in [2.24, 2.45) is 0 Å². The van der Waals surface area contributed by atoms with Crippen LogP contribution in [0.1, 0.15) is 76.4 Å². The Morgan fingerprint density at radius 3 is 1.78 bits per heavy atom. The molecule has 59 heavy (non-hydrogen) atoms. The van der Waals surface area contributed by atoms with E-state index in [9.17, 15) is 19.2 Å². The van der Waals surface area contributed by atoms with Crippen LogP contribution in [0.2, 0.25) is 18.1 Å². The Kier molecular flexibility index (Phi) is 11.4. The molecule has 4 atom stereocenters. The molecule has 12 nitrogen and oxygen atoms in total. The van der Waals surface area contributed by atoms with Gasteiger partial charge in [-0.05, 0) is 78.1 Å². The summed E-state index contributed by atoms with van der Waals surface area (Å²) in [6, 6.07) is 30.8. The van der Waals surface area contributed by atoms with Crippen molar-refractivity contribution in [3.8, 4) is 11.5 Å². The minimum Gasteiger partial charge on any atom is -0.497 e. The highest BCUT2D eigenvalue weighted by atomic mass is 28.4. The van der Waals surface area contributed by atoms with Gasteiger partial charge in [0, 0.05) is 18.2 Å². The minimum absolute atomic E-state index is 0.00793. The average Bonchev–Trinajstić information content (AvgIpc) is 3.77. The van der Waals surface area contributed by atoms with Crippen LogP contribution < -0.4 is 20.7 Å². The number of hydrogen-bond acceptors (Lipinski definition) is 9. The number of benzene rings is 4. The number of methoxy groups -OCH3 is 2. The van der Waals surface area contributed by atoms with E-state index >= 15 is 0 Å². The maximum atomic E-state index is 14.3. The summed E-state index contributed by atoms with van der Waals surface area (Å²) in [5, 5.41) is -0.193. The first kappa shape index (κ1) is 41.6. The van der Waals surface area contributed by atoms with Crippen LogP contribution in [0.5, 0.6) is 11.5 Å². The van der Waals surface area contributed by atoms with Gasteiger partial charge in [-0.1, -0.05) is 87.5 Å². The maximum absolute atomic E-state index is 14.3. The second-order valence-corrected chi connectivity index (χ2v) is 21.4. The molecule has 2 amide bonds. The first-order valence-electron chi connectivity index (χ1n) is 19.7. The van der Waals surface area contributed by atoms with E-state index in [4.69, 9.17) is 23.4 Å². The standard InChI is InChI=1S/C46H51N3O9Si/c1-29-27-48(44(53)47-41(29)50)39-26-37(49-42(51)35-16-12-13-17-36(35)43(49)52)40(57-39)38(28-56-59(7,8)45(2,3)4)58-46(30-14-10-9-11-15-30,31-18-22-33(54-5)23-19-31)32-20-24-34(55-6)25-21-32/h9-25,27,37-40H,26,28H2,1-8H3,(H,47,50,53)/t37-,38-,39+,40+/m1/s1. The summed E-state index contributed by atoms with van der Waals surface area (Å²) in [5.74, 6) is 0.354. The van der Waals surface area contributed by atoms with E-state index in [1.54, 1.807) is 45.4 Å². The van der Waals surface area contributed by atoms with Gasteiger partial charge in [-0.15, -0.1) is 0 Å². The lowest BCUT2D eigenvalue weighted by molar-refractivity contribution is -0.148. The fraction of sp³-hybridized carbons (Fsp3) is 0.348. The molecule has 5 aromatic rings. The molecule has 13 heteroatoms. The van der Waals surface area contributed by atoms with Crippen molar-refractivity contribution in [1.29, 1.82) is 0 Å². The number of amides is 2. The molecule has 2 aliphatic rings. The lowest BCUT2D eigenvalue weighted by Gasteiger charge is -2.43. The Morgan fingerprint density at radius 1 is 0.763 bits per heavy atom. The van der Waals surface area contributed by atoms with Crippen LogP contribution in [-0.4, -0.2) is 73.7 Å². The summed E-state index contributed by atoms with van der Waals surface area (Å²) in [4.78, 5) is 58.3. The number of rotatable bonds is 13. The van der Waals surface area contributed by atoms with Crippen molar-refractivity contribution in [2.75, 3.05) is 20.8 Å². The second-order valence-electron chi connectivity index (χ2n) is 16.6. The number of imide groups is 1. The van der Waals surface area contributed by atoms with E-state index in [-0.39, 0.29) is 29.2 Å². The van der Waals surface area contributed by atoms with Gasteiger partial charge >= 0.3 is 5.69 Å². The normalized spacial score (nSPS) is 18.8. The fourth-order valence-electron chi connectivity index (χ4n) is 7.70. The first-order valence-corrected chi connectivity index (χ1v) is 22.6. The topological polar surface area (TPSA) is 138 Å². The summed E-state index contributed by atoms with van der Waals surface area (Å²) < 4.78 is 34.2. The zero-order valence-corrected chi connectivity index (χ0v) is 35.7. The molecule has 0 radical (unpaired) electrons. The lowest BCUT2D eigenvalue weighted by atomic mass is 9.79. The van der Waals surface area contributed by atoms with Crippen molar-refractivity contribution < 1.29 is 33.0 Å². The molecule has 308 valence electrons. The summed E-state index contributed by atoms with van der Waals surface area (Å²) in [6.07, 6.45) is -1.54. The van der Waals surface area contributed by atoms with Gasteiger partial charge in [0.05, 0.1) is 38.0 Å². The predicted molar refractivity (Wildman–Crippen MR) is 226 cm³/mol. The summed E-state index contributed by atoms with van der Waals surface area (Å²) >= 11 is 0. The number of aromatic amines is 1. The van der Waals surface area contributed by atoms with Crippen molar-refractivity contribution >= 4 is 20.1 Å². The zero-order chi connectivity index (χ0) is 42.3. The van der Waals surface area contributed by atoms with Gasteiger partial charge in [-0.25, -0.2) is 4.79 Å². The third kappa shape index (κ3) is 7.71. The quantitative estimate of drug-likeness (QED) is 0.0742. The van der Waals surface area contributed by atoms with Gasteiger partial charge in [0.25, 0.3) is 17.4 Å². The molecule has 1 N–H and O–H groups in total. The Balaban J connectivity index is 1.46. The summed E-state index contributed by atoms with van der Waals surface area (Å²) in [6.45, 7) is 12.3. The molecule has 0 saturated carbocycles. The van der Waals surface area contributed by atoms with Crippen molar-refractivity contribution in [2.45, 2.75) is 82.3 Å². The molecule has 0 spiro atoms. The summed E-state index contributed by atoms with van der Waals surface area (Å²) in [5.41, 5.74) is 0.602. The lowest BCUT2D eigenvalue weighted by Crippen LogP contribution is -2.54. The van der Waals surface area contributed by atoms with Crippen LogP contribution >= 0.6 is 0 Å². The number of aromatic nitrogens is 2. The molecule has 0 unspecified atom stereocenters. The number of nitrogens with zero attached hydrogens (tertiary/aromatic N) is 2. The highest BCUT2D eigenvalue weighted by molar-refractivity contribution is 6.74. The van der Waals surface area contributed by atoms with Crippen LogP contribution in [0.25, 0.3) is 0 Å². The number of hydrogen-bond donors (Lipinski definition) is 1. The van der Waals surface area contributed by atoms with E-state index in [0.717, 1.165) is 16.7 Å². The number of H-pyrrole nitrogens is 1. The Morgan fingerprint density at radius 2 is 1.27 bits per heavy atom. The number of aryl methyl sites for hydroxylation is 1. The molecule has 7 rings (SSSR count). The fourth-order valence-corrected chi connectivity index (χ4v) is 8.72. The van der Waals surface area contributed by atoms with Gasteiger partial charge in [0.1, 0.15) is 35.5 Å². The molecule has 2 aliphatic heterocycles. The van der Waals surface area contributed by atoms with Crippen LogP contribution in [0.4, 0.5) is 0 Å². The molecule has 4 aromatic carbocycles. The van der Waals surface area contributed by atoms with Crippen molar-refractivity contribution in [1.82, 2.24) is 14.5 Å². The minimum atomic E-state index is -2.50. The van der Waals surface area contributed by atoms with E-state index in [0.29, 0.717) is 17.1 Å². The molecule has 1 aromatic heterocycles. The SMILES string of the molecule is COc1ccc(C(O[C@H](CO[Si](C)(C)C(C)(C)C)[C@H]2O[C@H](n3cc(C)c(=O)[nH]c3=O)C[C@H]2N2C(=O)c3ccccc3C2=O)(c2ccccc2)c2ccc(OC)cc2)cc1. The van der Waals surface area contributed by atoms with Gasteiger partial charge in [0.2, 0.25) is 0 Å². The summed E-state index contributed by atoms with van der Waals surface area (Å²) in [7, 11) is 0.711. The monoisotopic (exact) mass is 817 g/mol. The Hall–Kier alpha value is -5.60. The van der Waals surface area contributed by atoms with Gasteiger partial charge in [0.15, 0.2) is 8.32 Å². The van der Waals surface area contributed by atoms with E-state index < -0.39 is 61.5 Å². The average molecular weight is 818 g/mol. The van der Waals surface area contributed by atoms with Crippen molar-refractivity contribution in [3.63, 3.8) is 0 Å². The number of carbonyl (C=O) groups is 2. The number of ether oxygens (including phenoxy) is 4. The van der Waals surface area contributed by atoms with E-state index in [2.05, 4.69) is 38.8 Å². The first-order chi connectivity index (χ1) is 28.1. The van der Waals surface area contributed by atoms with E-state index in [1.165, 1.54) is 15.7 Å².